The van der Waals surface area contributed by atoms with Crippen LogP contribution in [0.2, 0.25) is 0 Å². The van der Waals surface area contributed by atoms with Crippen molar-refractivity contribution in [3.63, 3.8) is 0 Å². The number of benzene rings is 2. The largest absolute Gasteiger partial charge is 0.395 e. The van der Waals surface area contributed by atoms with E-state index in [9.17, 15) is 9.90 Å². The second-order valence-corrected chi connectivity index (χ2v) is 8.96. The third-order valence-corrected chi connectivity index (χ3v) is 6.97. The van der Waals surface area contributed by atoms with E-state index >= 15 is 0 Å². The first-order valence-electron chi connectivity index (χ1n) is 9.09. The first kappa shape index (κ1) is 19.8. The van der Waals surface area contributed by atoms with E-state index in [-0.39, 0.29) is 17.8 Å². The zero-order chi connectivity index (χ0) is 20.2. The summed E-state index contributed by atoms with van der Waals surface area (Å²) in [5, 5.41) is 10.4. The number of aromatic nitrogens is 1. The molecule has 0 saturated heterocycles. The molecule has 1 aromatic heterocycles. The van der Waals surface area contributed by atoms with E-state index in [1.54, 1.807) is 6.20 Å². The molecule has 2 heterocycles. The van der Waals surface area contributed by atoms with E-state index in [1.165, 1.54) is 23.5 Å². The molecule has 0 bridgehead atoms. The number of nitrogens with zero attached hydrogens (tertiary/aromatic N) is 2. The van der Waals surface area contributed by atoms with Crippen LogP contribution < -0.4 is 5.73 Å². The van der Waals surface area contributed by atoms with Crippen molar-refractivity contribution in [3.8, 4) is 0 Å². The van der Waals surface area contributed by atoms with Gasteiger partial charge in [0.25, 0.3) is 5.91 Å². The summed E-state index contributed by atoms with van der Waals surface area (Å²) in [6.07, 6.45) is 3.61. The molecule has 2 atom stereocenters. The van der Waals surface area contributed by atoms with Crippen molar-refractivity contribution in [1.82, 2.24) is 4.98 Å². The Bertz CT molecular complexity index is 1100. The van der Waals surface area contributed by atoms with Gasteiger partial charge in [-0.15, -0.1) is 0 Å². The van der Waals surface area contributed by atoms with E-state index in [4.69, 9.17) is 5.73 Å². The Labute approximate surface area is 177 Å². The van der Waals surface area contributed by atoms with Crippen molar-refractivity contribution in [2.75, 3.05) is 6.61 Å². The summed E-state index contributed by atoms with van der Waals surface area (Å²) in [6.45, 7) is -0.147. The van der Waals surface area contributed by atoms with Gasteiger partial charge in [0.05, 0.1) is 22.3 Å². The Morgan fingerprint density at radius 3 is 2.76 bits per heavy atom. The third kappa shape index (κ3) is 4.59. The molecule has 0 radical (unpaired) electrons. The molecule has 1 aliphatic heterocycles. The number of nitrogens with two attached hydrogens (primary N) is 1. The van der Waals surface area contributed by atoms with Crippen LogP contribution in [0, 0.1) is 0 Å². The molecule has 0 saturated carbocycles. The van der Waals surface area contributed by atoms with Gasteiger partial charge in [-0.05, 0) is 35.4 Å². The second-order valence-electron chi connectivity index (χ2n) is 6.54. The standard InChI is InChI=1S/C22H19N3O2S2/c23-17(13-26)20(15-5-2-1-3-6-15)29-22-25-21(27)19(28-22)12-14-8-9-18-16(11-14)7-4-10-24-18/h1-12,17,20,26H,13,23H2/t17?,20-/m1/s1. The number of carbonyl (C=O) groups excluding carboxylic acids is 1. The smallest absolute Gasteiger partial charge is 0.285 e. The van der Waals surface area contributed by atoms with Crippen molar-refractivity contribution < 1.29 is 9.90 Å². The van der Waals surface area contributed by atoms with Crippen molar-refractivity contribution in [1.29, 1.82) is 0 Å². The lowest BCUT2D eigenvalue weighted by molar-refractivity contribution is -0.113. The quantitative estimate of drug-likeness (QED) is 0.606. The fourth-order valence-electron chi connectivity index (χ4n) is 3.03. The van der Waals surface area contributed by atoms with Gasteiger partial charge in [-0.1, -0.05) is 66.0 Å². The van der Waals surface area contributed by atoms with Crippen LogP contribution in [0.1, 0.15) is 16.4 Å². The molecule has 29 heavy (non-hydrogen) atoms. The minimum absolute atomic E-state index is 0.147. The molecule has 0 aliphatic carbocycles. The van der Waals surface area contributed by atoms with Crippen molar-refractivity contribution in [2.24, 2.45) is 10.7 Å². The number of pyridine rings is 1. The zero-order valence-electron chi connectivity index (χ0n) is 15.4. The second kappa shape index (κ2) is 8.92. The Balaban J connectivity index is 1.54. The Morgan fingerprint density at radius 1 is 1.14 bits per heavy atom. The maximum absolute atomic E-state index is 12.4. The van der Waals surface area contributed by atoms with Crippen LogP contribution in [0.25, 0.3) is 17.0 Å². The number of hydrogen-bond donors (Lipinski definition) is 2. The number of thioether (sulfide) groups is 2. The molecule has 2 aromatic carbocycles. The summed E-state index contributed by atoms with van der Waals surface area (Å²) in [6, 6.07) is 19.0. The van der Waals surface area contributed by atoms with Gasteiger partial charge in [-0.2, -0.15) is 4.99 Å². The van der Waals surface area contributed by atoms with Crippen molar-refractivity contribution >= 4 is 50.8 Å². The minimum atomic E-state index is -0.457. The predicted molar refractivity (Wildman–Crippen MR) is 122 cm³/mol. The summed E-state index contributed by atoms with van der Waals surface area (Å²) in [7, 11) is 0. The maximum atomic E-state index is 12.4. The molecule has 3 aromatic rings. The van der Waals surface area contributed by atoms with E-state index in [0.717, 1.165) is 22.0 Å². The SMILES string of the molecule is NC(CO)[C@H](SC1=NC(=O)C(=Cc2ccc3ncccc3c2)S1)c1ccccc1. The van der Waals surface area contributed by atoms with Crippen LogP contribution in [0.15, 0.2) is 76.8 Å². The molecule has 1 unspecified atom stereocenters. The van der Waals surface area contributed by atoms with Gasteiger partial charge in [0.1, 0.15) is 4.38 Å². The van der Waals surface area contributed by atoms with Crippen LogP contribution >= 0.6 is 23.5 Å². The Kier molecular flexibility index (Phi) is 6.10. The lowest BCUT2D eigenvalue weighted by Crippen LogP contribution is -2.30. The predicted octanol–water partition coefficient (Wildman–Crippen LogP) is 4.00. The molecule has 3 N–H and O–H groups in total. The molecule has 4 rings (SSSR count). The third-order valence-electron chi connectivity index (χ3n) is 4.48. The average molecular weight is 422 g/mol. The van der Waals surface area contributed by atoms with Gasteiger partial charge in [0.2, 0.25) is 0 Å². The Morgan fingerprint density at radius 2 is 1.97 bits per heavy atom. The van der Waals surface area contributed by atoms with Crippen LogP contribution in [-0.2, 0) is 4.79 Å². The summed E-state index contributed by atoms with van der Waals surface area (Å²) in [4.78, 5) is 21.5. The molecule has 0 spiro atoms. The topological polar surface area (TPSA) is 88.6 Å². The fraction of sp³-hybridized carbons (Fsp3) is 0.136. The molecule has 0 fully saturated rings. The number of aliphatic hydroxyl groups excluding tert-OH is 1. The van der Waals surface area contributed by atoms with Crippen LogP contribution in [0.3, 0.4) is 0 Å². The monoisotopic (exact) mass is 421 g/mol. The molecule has 5 nitrogen and oxygen atoms in total. The highest BCUT2D eigenvalue weighted by atomic mass is 32.2. The average Bonchev–Trinajstić information content (AvgIpc) is 3.10. The molecular weight excluding hydrogens is 402 g/mol. The minimum Gasteiger partial charge on any atom is -0.395 e. The van der Waals surface area contributed by atoms with Crippen LogP contribution in [0.4, 0.5) is 0 Å². The Hall–Kier alpha value is -2.45. The first-order chi connectivity index (χ1) is 14.1. The summed E-state index contributed by atoms with van der Waals surface area (Å²) < 4.78 is 0.640. The lowest BCUT2D eigenvalue weighted by atomic mass is 10.1. The van der Waals surface area contributed by atoms with E-state index < -0.39 is 6.04 Å². The lowest BCUT2D eigenvalue weighted by Gasteiger charge is -2.21. The fourth-order valence-corrected chi connectivity index (χ4v) is 5.35. The molecule has 7 heteroatoms. The van der Waals surface area contributed by atoms with Crippen molar-refractivity contribution in [2.45, 2.75) is 11.3 Å². The highest BCUT2D eigenvalue weighted by Gasteiger charge is 2.28. The molecular formula is C22H19N3O2S2. The number of fused-ring (bicyclic) bond motifs is 1. The van der Waals surface area contributed by atoms with Gasteiger partial charge in [-0.25, -0.2) is 0 Å². The van der Waals surface area contributed by atoms with Crippen molar-refractivity contribution in [3.05, 3.63) is 82.9 Å². The van der Waals surface area contributed by atoms with Crippen LogP contribution in [-0.4, -0.2) is 33.0 Å². The van der Waals surface area contributed by atoms with Gasteiger partial charge in [0, 0.05) is 17.6 Å². The van der Waals surface area contributed by atoms with Crippen LogP contribution in [0.5, 0.6) is 0 Å². The number of hydrogen-bond acceptors (Lipinski definition) is 6. The maximum Gasteiger partial charge on any atom is 0.285 e. The molecule has 146 valence electrons. The molecule has 1 aliphatic rings. The number of aliphatic hydroxyl groups is 1. The van der Waals surface area contributed by atoms with E-state index in [2.05, 4.69) is 9.98 Å². The number of amides is 1. The normalized spacial score (nSPS) is 17.5. The number of rotatable bonds is 5. The van der Waals surface area contributed by atoms with E-state index in [0.29, 0.717) is 9.28 Å². The van der Waals surface area contributed by atoms with Gasteiger partial charge >= 0.3 is 0 Å². The highest BCUT2D eigenvalue weighted by Crippen LogP contribution is 2.41. The van der Waals surface area contributed by atoms with E-state index in [1.807, 2.05) is 66.7 Å². The summed E-state index contributed by atoms with van der Waals surface area (Å²) >= 11 is 2.76. The van der Waals surface area contributed by atoms with Gasteiger partial charge in [-0.3, -0.25) is 9.78 Å². The van der Waals surface area contributed by atoms with Gasteiger partial charge < -0.3 is 10.8 Å². The number of aliphatic imine (C=N–C) groups is 1. The molecule has 1 amide bonds. The zero-order valence-corrected chi connectivity index (χ0v) is 17.1. The number of carbonyl (C=O) groups is 1. The summed E-state index contributed by atoms with van der Waals surface area (Å²) in [5.74, 6) is -0.256. The summed E-state index contributed by atoms with van der Waals surface area (Å²) in [5.41, 5.74) is 8.97. The first-order valence-corrected chi connectivity index (χ1v) is 10.8. The van der Waals surface area contributed by atoms with Gasteiger partial charge in [0.15, 0.2) is 0 Å². The highest BCUT2D eigenvalue weighted by molar-refractivity contribution is 8.41.